The van der Waals surface area contributed by atoms with Gasteiger partial charge in [0.1, 0.15) is 12.4 Å². The van der Waals surface area contributed by atoms with Gasteiger partial charge in [-0.15, -0.1) is 0 Å². The van der Waals surface area contributed by atoms with Crippen molar-refractivity contribution in [2.75, 3.05) is 44.7 Å². The Morgan fingerprint density at radius 1 is 1.03 bits per heavy atom. The van der Waals surface area contributed by atoms with Gasteiger partial charge in [0.25, 0.3) is 0 Å². The molecule has 0 saturated carbocycles. The van der Waals surface area contributed by atoms with Crippen LogP contribution in [-0.4, -0.2) is 62.0 Å². The van der Waals surface area contributed by atoms with Gasteiger partial charge in [-0.1, -0.05) is 36.4 Å². The summed E-state index contributed by atoms with van der Waals surface area (Å²) in [6.45, 7) is 2.30. The highest BCUT2D eigenvalue weighted by Gasteiger charge is 2.27. The first-order chi connectivity index (χ1) is 14.9. The van der Waals surface area contributed by atoms with Gasteiger partial charge < -0.3 is 25.0 Å². The number of para-hydroxylation sites is 2. The van der Waals surface area contributed by atoms with Gasteiger partial charge in [0.05, 0.1) is 12.3 Å². The molecule has 0 aromatic heterocycles. The summed E-state index contributed by atoms with van der Waals surface area (Å²) in [5.41, 5.74) is 2.52. The summed E-state index contributed by atoms with van der Waals surface area (Å²) in [7, 11) is 1.73. The van der Waals surface area contributed by atoms with Gasteiger partial charge in [0.15, 0.2) is 5.96 Å². The summed E-state index contributed by atoms with van der Waals surface area (Å²) < 4.78 is 41.1. The molecule has 0 unspecified atom stereocenters. The van der Waals surface area contributed by atoms with Gasteiger partial charge in [0, 0.05) is 39.8 Å². The molecule has 0 amide bonds. The molecule has 2 N–H and O–H groups in total. The number of nitrogens with one attached hydrogen (secondary N) is 1. The zero-order valence-electron chi connectivity index (χ0n) is 17.4. The molecule has 0 atom stereocenters. The quantitative estimate of drug-likeness (QED) is 0.537. The van der Waals surface area contributed by atoms with Crippen molar-refractivity contribution < 1.29 is 23.0 Å². The first-order valence-electron chi connectivity index (χ1n) is 10.1. The second-order valence-corrected chi connectivity index (χ2v) is 7.29. The summed E-state index contributed by atoms with van der Waals surface area (Å²) in [5, 5.41) is 13.4. The molecule has 0 aliphatic carbocycles. The minimum absolute atomic E-state index is 0.0733. The van der Waals surface area contributed by atoms with Crippen LogP contribution in [-0.2, 0) is 17.9 Å². The number of piperazine rings is 1. The number of aliphatic imine (C=N–C) groups is 1. The van der Waals surface area contributed by atoms with Crippen LogP contribution in [0.2, 0.25) is 0 Å². The molecular weight excluding hydrogens is 409 g/mol. The fraction of sp³-hybridized carbons (Fsp3) is 0.409. The van der Waals surface area contributed by atoms with Crippen molar-refractivity contribution in [3.63, 3.8) is 0 Å². The Balaban J connectivity index is 1.46. The van der Waals surface area contributed by atoms with E-state index in [1.165, 1.54) is 0 Å². The lowest BCUT2D eigenvalue weighted by molar-refractivity contribution is -0.176. The van der Waals surface area contributed by atoms with E-state index in [9.17, 15) is 18.3 Å². The van der Waals surface area contributed by atoms with Gasteiger partial charge in [-0.3, -0.25) is 4.99 Å². The van der Waals surface area contributed by atoms with Crippen molar-refractivity contribution in [3.05, 3.63) is 59.7 Å². The van der Waals surface area contributed by atoms with Gasteiger partial charge in [-0.25, -0.2) is 0 Å². The largest absolute Gasteiger partial charge is 0.506 e. The molecule has 1 aliphatic heterocycles. The fourth-order valence-corrected chi connectivity index (χ4v) is 3.44. The van der Waals surface area contributed by atoms with Crippen LogP contribution in [0.15, 0.2) is 53.5 Å². The lowest BCUT2D eigenvalue weighted by atomic mass is 10.1. The van der Waals surface area contributed by atoms with E-state index in [0.29, 0.717) is 12.1 Å². The van der Waals surface area contributed by atoms with Crippen molar-refractivity contribution in [1.29, 1.82) is 0 Å². The Morgan fingerprint density at radius 2 is 1.68 bits per heavy atom. The molecule has 0 spiro atoms. The van der Waals surface area contributed by atoms with Crippen LogP contribution in [0.3, 0.4) is 0 Å². The van der Waals surface area contributed by atoms with Gasteiger partial charge >= 0.3 is 6.18 Å². The third kappa shape index (κ3) is 6.78. The summed E-state index contributed by atoms with van der Waals surface area (Å²) in [6, 6.07) is 14.6. The number of anilines is 1. The number of hydrogen-bond donors (Lipinski definition) is 2. The normalized spacial score (nSPS) is 15.3. The SMILES string of the molecule is CN=C(NCc1ccc(COCC(F)(F)F)cc1)N1CCN(c2ccccc2O)CC1. The van der Waals surface area contributed by atoms with Gasteiger partial charge in [0.2, 0.25) is 0 Å². The first kappa shape index (κ1) is 22.7. The molecule has 1 heterocycles. The van der Waals surface area contributed by atoms with Crippen molar-refractivity contribution >= 4 is 11.6 Å². The molecule has 6 nitrogen and oxygen atoms in total. The third-order valence-electron chi connectivity index (χ3n) is 5.02. The lowest BCUT2D eigenvalue weighted by Crippen LogP contribution is -2.52. The summed E-state index contributed by atoms with van der Waals surface area (Å²) >= 11 is 0. The van der Waals surface area contributed by atoms with E-state index in [-0.39, 0.29) is 12.4 Å². The van der Waals surface area contributed by atoms with E-state index in [1.807, 2.05) is 30.3 Å². The highest BCUT2D eigenvalue weighted by molar-refractivity contribution is 5.80. The molecule has 1 fully saturated rings. The Labute approximate surface area is 180 Å². The molecule has 0 bridgehead atoms. The highest BCUT2D eigenvalue weighted by Crippen LogP contribution is 2.27. The van der Waals surface area contributed by atoms with Crippen molar-refractivity contribution in [2.24, 2.45) is 4.99 Å². The zero-order chi connectivity index (χ0) is 22.3. The maximum Gasteiger partial charge on any atom is 0.411 e. The number of ether oxygens (including phenoxy) is 1. The summed E-state index contributed by atoms with van der Waals surface area (Å²) in [6.07, 6.45) is -4.31. The van der Waals surface area contributed by atoms with E-state index >= 15 is 0 Å². The monoisotopic (exact) mass is 436 g/mol. The van der Waals surface area contributed by atoms with Crippen LogP contribution in [0, 0.1) is 0 Å². The van der Waals surface area contributed by atoms with E-state index in [1.54, 1.807) is 25.2 Å². The topological polar surface area (TPSA) is 60.3 Å². The molecular formula is C22H27F3N4O2. The first-order valence-corrected chi connectivity index (χ1v) is 10.1. The smallest absolute Gasteiger partial charge is 0.411 e. The van der Waals surface area contributed by atoms with Gasteiger partial charge in [-0.2, -0.15) is 13.2 Å². The van der Waals surface area contributed by atoms with Crippen molar-refractivity contribution in [2.45, 2.75) is 19.3 Å². The van der Waals surface area contributed by atoms with Crippen LogP contribution in [0.1, 0.15) is 11.1 Å². The number of benzene rings is 2. The number of hydrogen-bond acceptors (Lipinski definition) is 4. The Morgan fingerprint density at radius 3 is 2.29 bits per heavy atom. The Hall–Kier alpha value is -2.94. The van der Waals surface area contributed by atoms with Crippen LogP contribution in [0.5, 0.6) is 5.75 Å². The predicted molar refractivity (Wildman–Crippen MR) is 114 cm³/mol. The van der Waals surface area contributed by atoms with Gasteiger partial charge in [-0.05, 0) is 23.3 Å². The molecule has 168 valence electrons. The van der Waals surface area contributed by atoms with Crippen LogP contribution < -0.4 is 10.2 Å². The van der Waals surface area contributed by atoms with Crippen molar-refractivity contribution in [1.82, 2.24) is 10.2 Å². The number of phenolic OH excluding ortho intramolecular Hbond substituents is 1. The molecule has 2 aromatic carbocycles. The summed E-state index contributed by atoms with van der Waals surface area (Å²) in [5.74, 6) is 1.07. The van der Waals surface area contributed by atoms with Crippen LogP contribution in [0.25, 0.3) is 0 Å². The molecule has 2 aromatic rings. The number of phenols is 1. The summed E-state index contributed by atoms with van der Waals surface area (Å²) in [4.78, 5) is 8.67. The average molecular weight is 436 g/mol. The maximum absolute atomic E-state index is 12.1. The van der Waals surface area contributed by atoms with Crippen LogP contribution in [0.4, 0.5) is 18.9 Å². The second kappa shape index (κ2) is 10.4. The molecule has 3 rings (SSSR count). The zero-order valence-corrected chi connectivity index (χ0v) is 17.4. The number of alkyl halides is 3. The number of aromatic hydroxyl groups is 1. The number of rotatable bonds is 6. The Kier molecular flexibility index (Phi) is 7.62. The lowest BCUT2D eigenvalue weighted by Gasteiger charge is -2.37. The minimum atomic E-state index is -4.31. The molecule has 1 aliphatic rings. The average Bonchev–Trinajstić information content (AvgIpc) is 2.75. The van der Waals surface area contributed by atoms with Crippen molar-refractivity contribution in [3.8, 4) is 5.75 Å². The van der Waals surface area contributed by atoms with E-state index in [4.69, 9.17) is 0 Å². The molecule has 9 heteroatoms. The maximum atomic E-state index is 12.1. The fourth-order valence-electron chi connectivity index (χ4n) is 3.44. The predicted octanol–water partition coefficient (Wildman–Crippen LogP) is 3.37. The van der Waals surface area contributed by atoms with E-state index < -0.39 is 12.8 Å². The highest BCUT2D eigenvalue weighted by atomic mass is 19.4. The number of nitrogens with zero attached hydrogens (tertiary/aromatic N) is 3. The molecule has 1 saturated heterocycles. The van der Waals surface area contributed by atoms with E-state index in [0.717, 1.165) is 43.4 Å². The number of guanidine groups is 1. The minimum Gasteiger partial charge on any atom is -0.506 e. The third-order valence-corrected chi connectivity index (χ3v) is 5.02. The second-order valence-electron chi connectivity index (χ2n) is 7.29. The molecule has 0 radical (unpaired) electrons. The van der Waals surface area contributed by atoms with E-state index in [2.05, 4.69) is 24.8 Å². The Bertz CT molecular complexity index is 864. The standard InChI is InChI=1S/C22H27F3N4O2/c1-26-21(29-12-10-28(11-13-29)19-4-2-3-5-20(19)30)27-14-17-6-8-18(9-7-17)15-31-16-22(23,24)25/h2-9,30H,10-16H2,1H3,(H,26,27). The number of halogens is 3. The van der Waals surface area contributed by atoms with Crippen LogP contribution >= 0.6 is 0 Å². The molecule has 31 heavy (non-hydrogen) atoms.